The maximum Gasteiger partial charge on any atom is 0.255 e. The molecule has 110 valence electrons. The van der Waals surface area contributed by atoms with Gasteiger partial charge in [0.25, 0.3) is 5.91 Å². The Morgan fingerprint density at radius 2 is 2.05 bits per heavy atom. The molecule has 0 aliphatic heterocycles. The SMILES string of the molecule is CN(C)C(=O)c1ccc(N)cc1NCCC1CCCC1. The first-order valence-corrected chi connectivity index (χ1v) is 7.43. The number of benzene rings is 1. The van der Waals surface area contributed by atoms with Gasteiger partial charge >= 0.3 is 0 Å². The van der Waals surface area contributed by atoms with Gasteiger partial charge in [0, 0.05) is 32.0 Å². The summed E-state index contributed by atoms with van der Waals surface area (Å²) in [5.74, 6) is 0.852. The number of anilines is 2. The van der Waals surface area contributed by atoms with Crippen LogP contribution in [-0.4, -0.2) is 31.4 Å². The molecule has 0 radical (unpaired) electrons. The largest absolute Gasteiger partial charge is 0.399 e. The topological polar surface area (TPSA) is 58.4 Å². The van der Waals surface area contributed by atoms with Gasteiger partial charge in [0.15, 0.2) is 0 Å². The van der Waals surface area contributed by atoms with Crippen molar-refractivity contribution in [2.24, 2.45) is 5.92 Å². The Labute approximate surface area is 121 Å². The molecule has 0 saturated heterocycles. The molecule has 1 amide bonds. The summed E-state index contributed by atoms with van der Waals surface area (Å²) < 4.78 is 0. The maximum absolute atomic E-state index is 12.1. The second-order valence-electron chi connectivity index (χ2n) is 5.87. The standard InChI is InChI=1S/C16H25N3O/c1-19(2)16(20)14-8-7-13(17)11-15(14)18-10-9-12-5-3-4-6-12/h7-8,11-12,18H,3-6,9-10,17H2,1-2H3. The Bertz CT molecular complexity index is 465. The molecule has 1 fully saturated rings. The zero-order chi connectivity index (χ0) is 14.5. The molecule has 1 aliphatic rings. The number of rotatable bonds is 5. The van der Waals surface area contributed by atoms with Crippen LogP contribution in [0, 0.1) is 5.92 Å². The first kappa shape index (κ1) is 14.7. The third-order valence-electron chi connectivity index (χ3n) is 4.02. The summed E-state index contributed by atoms with van der Waals surface area (Å²) in [7, 11) is 3.53. The van der Waals surface area contributed by atoms with Crippen LogP contribution in [0.3, 0.4) is 0 Å². The van der Waals surface area contributed by atoms with Crippen molar-refractivity contribution >= 4 is 17.3 Å². The van der Waals surface area contributed by atoms with Gasteiger partial charge in [0.1, 0.15) is 0 Å². The maximum atomic E-state index is 12.1. The molecule has 4 heteroatoms. The lowest BCUT2D eigenvalue weighted by Gasteiger charge is -2.17. The van der Waals surface area contributed by atoms with Crippen LogP contribution in [0.15, 0.2) is 18.2 Å². The molecule has 1 aliphatic carbocycles. The first-order chi connectivity index (χ1) is 9.58. The molecule has 0 aromatic heterocycles. The van der Waals surface area contributed by atoms with E-state index in [1.165, 1.54) is 32.1 Å². The number of amides is 1. The van der Waals surface area contributed by atoms with E-state index in [1.54, 1.807) is 31.1 Å². The summed E-state index contributed by atoms with van der Waals surface area (Å²) in [5, 5.41) is 3.39. The molecular weight excluding hydrogens is 250 g/mol. The zero-order valence-corrected chi connectivity index (χ0v) is 12.5. The van der Waals surface area contributed by atoms with Crippen molar-refractivity contribution in [3.63, 3.8) is 0 Å². The van der Waals surface area contributed by atoms with Crippen molar-refractivity contribution in [2.45, 2.75) is 32.1 Å². The minimum absolute atomic E-state index is 0.00775. The average molecular weight is 275 g/mol. The Kier molecular flexibility index (Phi) is 4.88. The molecule has 0 bridgehead atoms. The highest BCUT2D eigenvalue weighted by Crippen LogP contribution is 2.28. The molecule has 1 saturated carbocycles. The molecule has 2 rings (SSSR count). The number of nitrogens with two attached hydrogens (primary N) is 1. The smallest absolute Gasteiger partial charge is 0.255 e. The fourth-order valence-electron chi connectivity index (χ4n) is 2.85. The summed E-state index contributed by atoms with van der Waals surface area (Å²) in [5.41, 5.74) is 8.06. The molecule has 3 N–H and O–H groups in total. The second-order valence-corrected chi connectivity index (χ2v) is 5.87. The zero-order valence-electron chi connectivity index (χ0n) is 12.5. The van der Waals surface area contributed by atoms with Crippen LogP contribution in [0.2, 0.25) is 0 Å². The van der Waals surface area contributed by atoms with E-state index in [2.05, 4.69) is 5.32 Å². The number of carbonyl (C=O) groups excluding carboxylic acids is 1. The van der Waals surface area contributed by atoms with Crippen LogP contribution < -0.4 is 11.1 Å². The van der Waals surface area contributed by atoms with Crippen LogP contribution in [0.5, 0.6) is 0 Å². The predicted molar refractivity (Wildman–Crippen MR) is 83.9 cm³/mol. The van der Waals surface area contributed by atoms with E-state index in [1.807, 2.05) is 6.07 Å². The second kappa shape index (κ2) is 6.64. The third kappa shape index (κ3) is 3.65. The van der Waals surface area contributed by atoms with E-state index in [0.717, 1.165) is 18.2 Å². The van der Waals surface area contributed by atoms with Gasteiger partial charge in [-0.15, -0.1) is 0 Å². The van der Waals surface area contributed by atoms with E-state index in [9.17, 15) is 4.79 Å². The number of hydrogen-bond donors (Lipinski definition) is 2. The van der Waals surface area contributed by atoms with E-state index >= 15 is 0 Å². The molecule has 0 unspecified atom stereocenters. The molecule has 1 aromatic rings. The number of nitrogens with zero attached hydrogens (tertiary/aromatic N) is 1. The number of hydrogen-bond acceptors (Lipinski definition) is 3. The minimum Gasteiger partial charge on any atom is -0.399 e. The minimum atomic E-state index is 0.00775. The molecule has 1 aromatic carbocycles. The predicted octanol–water partition coefficient (Wildman–Crippen LogP) is 2.96. The highest BCUT2D eigenvalue weighted by atomic mass is 16.2. The van der Waals surface area contributed by atoms with E-state index < -0.39 is 0 Å². The highest BCUT2D eigenvalue weighted by Gasteiger charge is 2.16. The normalized spacial score (nSPS) is 15.3. The Morgan fingerprint density at radius 1 is 1.35 bits per heavy atom. The van der Waals surface area contributed by atoms with Crippen LogP contribution >= 0.6 is 0 Å². The monoisotopic (exact) mass is 275 g/mol. The van der Waals surface area contributed by atoms with Gasteiger partial charge in [-0.25, -0.2) is 0 Å². The summed E-state index contributed by atoms with van der Waals surface area (Å²) in [6.45, 7) is 0.905. The van der Waals surface area contributed by atoms with Crippen molar-refractivity contribution in [2.75, 3.05) is 31.7 Å². The fourth-order valence-corrected chi connectivity index (χ4v) is 2.85. The van der Waals surface area contributed by atoms with Crippen molar-refractivity contribution in [1.82, 2.24) is 4.90 Å². The summed E-state index contributed by atoms with van der Waals surface area (Å²) in [6, 6.07) is 5.43. The lowest BCUT2D eigenvalue weighted by molar-refractivity contribution is 0.0828. The molecular formula is C16H25N3O. The number of carbonyl (C=O) groups is 1. The number of nitrogens with one attached hydrogen (secondary N) is 1. The van der Waals surface area contributed by atoms with Crippen molar-refractivity contribution in [1.29, 1.82) is 0 Å². The Balaban J connectivity index is 2.01. The van der Waals surface area contributed by atoms with Gasteiger partial charge in [-0.3, -0.25) is 4.79 Å². The van der Waals surface area contributed by atoms with Crippen LogP contribution in [0.4, 0.5) is 11.4 Å². The lowest BCUT2D eigenvalue weighted by atomic mass is 10.0. The van der Waals surface area contributed by atoms with Gasteiger partial charge in [-0.05, 0) is 30.5 Å². The van der Waals surface area contributed by atoms with Crippen molar-refractivity contribution in [3.05, 3.63) is 23.8 Å². The summed E-state index contributed by atoms with van der Waals surface area (Å²) in [4.78, 5) is 13.7. The quantitative estimate of drug-likeness (QED) is 0.812. The summed E-state index contributed by atoms with van der Waals surface area (Å²) in [6.07, 6.45) is 6.61. The summed E-state index contributed by atoms with van der Waals surface area (Å²) >= 11 is 0. The Hall–Kier alpha value is -1.71. The van der Waals surface area contributed by atoms with Crippen LogP contribution in [-0.2, 0) is 0 Å². The Morgan fingerprint density at radius 3 is 2.70 bits per heavy atom. The van der Waals surface area contributed by atoms with E-state index in [4.69, 9.17) is 5.73 Å². The van der Waals surface area contributed by atoms with E-state index in [-0.39, 0.29) is 5.91 Å². The average Bonchev–Trinajstić information content (AvgIpc) is 2.91. The molecule has 0 heterocycles. The molecule has 0 spiro atoms. The van der Waals surface area contributed by atoms with Crippen LogP contribution in [0.1, 0.15) is 42.5 Å². The van der Waals surface area contributed by atoms with Gasteiger partial charge in [-0.2, -0.15) is 0 Å². The van der Waals surface area contributed by atoms with Crippen molar-refractivity contribution in [3.8, 4) is 0 Å². The van der Waals surface area contributed by atoms with E-state index in [0.29, 0.717) is 11.3 Å². The third-order valence-corrected chi connectivity index (χ3v) is 4.02. The van der Waals surface area contributed by atoms with Gasteiger partial charge in [0.05, 0.1) is 5.56 Å². The van der Waals surface area contributed by atoms with Crippen LogP contribution in [0.25, 0.3) is 0 Å². The van der Waals surface area contributed by atoms with Gasteiger partial charge in [0.2, 0.25) is 0 Å². The molecule has 4 nitrogen and oxygen atoms in total. The first-order valence-electron chi connectivity index (χ1n) is 7.43. The molecule has 0 atom stereocenters. The van der Waals surface area contributed by atoms with Gasteiger partial charge < -0.3 is 16.0 Å². The fraction of sp³-hybridized carbons (Fsp3) is 0.562. The number of nitrogen functional groups attached to an aromatic ring is 1. The molecule has 20 heavy (non-hydrogen) atoms. The van der Waals surface area contributed by atoms with Crippen molar-refractivity contribution < 1.29 is 4.79 Å². The lowest BCUT2D eigenvalue weighted by Crippen LogP contribution is -2.23. The highest BCUT2D eigenvalue weighted by molar-refractivity contribution is 5.99. The van der Waals surface area contributed by atoms with Gasteiger partial charge in [-0.1, -0.05) is 25.7 Å².